The summed E-state index contributed by atoms with van der Waals surface area (Å²) in [5, 5.41) is 12.7. The van der Waals surface area contributed by atoms with E-state index in [0.717, 1.165) is 28.4 Å². The number of sulfone groups is 1. The van der Waals surface area contributed by atoms with E-state index < -0.39 is 15.9 Å². The van der Waals surface area contributed by atoms with Crippen LogP contribution in [-0.4, -0.2) is 48.3 Å². The van der Waals surface area contributed by atoms with E-state index in [2.05, 4.69) is 26.2 Å². The molecule has 1 aliphatic heterocycles. The van der Waals surface area contributed by atoms with E-state index in [1.807, 2.05) is 12.1 Å². The minimum atomic E-state index is -3.18. The van der Waals surface area contributed by atoms with Crippen LogP contribution in [-0.2, 0) is 15.6 Å². The van der Waals surface area contributed by atoms with Crippen LogP contribution >= 0.6 is 23.1 Å². The number of amides is 1. The van der Waals surface area contributed by atoms with Crippen LogP contribution < -0.4 is 0 Å². The Morgan fingerprint density at radius 1 is 1.30 bits per heavy atom. The molecule has 0 saturated carbocycles. The van der Waals surface area contributed by atoms with Gasteiger partial charge in [0.05, 0.1) is 15.6 Å². The maximum Gasteiger partial charge on any atom is 0.407 e. The highest BCUT2D eigenvalue weighted by Gasteiger charge is 2.39. The quantitative estimate of drug-likeness (QED) is 0.614. The number of carbonyl (C=O) groups is 1. The second-order valence-corrected chi connectivity index (χ2v) is 12.7. The zero-order chi connectivity index (χ0) is 22.1. The van der Waals surface area contributed by atoms with Crippen molar-refractivity contribution in [3.8, 4) is 0 Å². The number of piperidine rings is 1. The summed E-state index contributed by atoms with van der Waals surface area (Å²) in [7, 11) is -3.18. The fourth-order valence-electron chi connectivity index (χ4n) is 3.76. The van der Waals surface area contributed by atoms with E-state index in [9.17, 15) is 18.3 Å². The molecule has 1 saturated heterocycles. The Hall–Kier alpha value is -1.58. The Morgan fingerprint density at radius 3 is 2.53 bits per heavy atom. The molecule has 2 aromatic rings. The van der Waals surface area contributed by atoms with E-state index in [1.165, 1.54) is 6.26 Å². The van der Waals surface area contributed by atoms with Gasteiger partial charge in [0, 0.05) is 40.8 Å². The third-order valence-corrected chi connectivity index (χ3v) is 8.64. The molecule has 1 fully saturated rings. The molecule has 1 amide bonds. The lowest BCUT2D eigenvalue weighted by Gasteiger charge is -2.44. The number of likely N-dealkylation sites (tertiary alicyclic amines) is 1. The lowest BCUT2D eigenvalue weighted by Crippen LogP contribution is -2.51. The molecule has 164 valence electrons. The van der Waals surface area contributed by atoms with Gasteiger partial charge in [0.1, 0.15) is 0 Å². The van der Waals surface area contributed by atoms with Crippen molar-refractivity contribution in [1.29, 1.82) is 0 Å². The van der Waals surface area contributed by atoms with Crippen LogP contribution in [0.25, 0.3) is 0 Å². The Morgan fingerprint density at radius 2 is 1.97 bits per heavy atom. The summed E-state index contributed by atoms with van der Waals surface area (Å²) < 4.78 is 23.1. The van der Waals surface area contributed by atoms with E-state index in [4.69, 9.17) is 4.98 Å². The maximum atomic E-state index is 11.6. The summed E-state index contributed by atoms with van der Waals surface area (Å²) in [6.45, 7) is 6.82. The van der Waals surface area contributed by atoms with Gasteiger partial charge in [-0.15, -0.1) is 23.1 Å². The first-order valence-electron chi connectivity index (χ1n) is 9.82. The van der Waals surface area contributed by atoms with Gasteiger partial charge in [-0.3, -0.25) is 0 Å². The molecule has 1 aliphatic rings. The van der Waals surface area contributed by atoms with Crippen molar-refractivity contribution in [2.45, 2.75) is 61.1 Å². The average molecular weight is 469 g/mol. The van der Waals surface area contributed by atoms with Crippen molar-refractivity contribution in [1.82, 2.24) is 9.88 Å². The summed E-state index contributed by atoms with van der Waals surface area (Å²) >= 11 is 3.27. The summed E-state index contributed by atoms with van der Waals surface area (Å²) in [4.78, 5) is 19.4. The average Bonchev–Trinajstić information content (AvgIpc) is 3.14. The van der Waals surface area contributed by atoms with Crippen LogP contribution in [0.2, 0.25) is 0 Å². The smallest absolute Gasteiger partial charge is 0.407 e. The fourth-order valence-corrected chi connectivity index (χ4v) is 6.25. The predicted octanol–water partition coefficient (Wildman–Crippen LogP) is 5.11. The third kappa shape index (κ3) is 5.56. The lowest BCUT2D eigenvalue weighted by molar-refractivity contribution is 0.0525. The van der Waals surface area contributed by atoms with Gasteiger partial charge < -0.3 is 10.0 Å². The molecule has 1 aromatic heterocycles. The first-order valence-corrected chi connectivity index (χ1v) is 13.6. The largest absolute Gasteiger partial charge is 0.465 e. The molecule has 30 heavy (non-hydrogen) atoms. The molecule has 2 heterocycles. The molecule has 0 radical (unpaired) electrons. The normalized spacial score (nSPS) is 20.3. The molecular weight excluding hydrogens is 440 g/mol. The van der Waals surface area contributed by atoms with Gasteiger partial charge in [-0.05, 0) is 42.5 Å². The van der Waals surface area contributed by atoms with Crippen LogP contribution in [0, 0.1) is 5.41 Å². The minimum absolute atomic E-state index is 0.0242. The number of aromatic nitrogens is 1. The van der Waals surface area contributed by atoms with Crippen LogP contribution in [0.3, 0.4) is 0 Å². The van der Waals surface area contributed by atoms with E-state index in [-0.39, 0.29) is 17.4 Å². The van der Waals surface area contributed by atoms with Crippen molar-refractivity contribution in [2.75, 3.05) is 12.8 Å². The van der Waals surface area contributed by atoms with Gasteiger partial charge in [-0.25, -0.2) is 18.2 Å². The van der Waals surface area contributed by atoms with Crippen LogP contribution in [0.4, 0.5) is 4.79 Å². The van der Waals surface area contributed by atoms with Gasteiger partial charge in [0.2, 0.25) is 0 Å². The van der Waals surface area contributed by atoms with E-state index in [1.54, 1.807) is 40.1 Å². The second kappa shape index (κ2) is 8.88. The standard InChI is InChI=1S/C21H28N2O4S3/c1-21(2,3)18-11-14(9-10-23(18)20(24)25)19-22-15(13-29-19)12-28-16-5-7-17(8-6-16)30(4,26)27/h5-8,13-14,18H,9-12H2,1-4H3,(H,24,25). The number of thioether (sulfide) groups is 1. The van der Waals surface area contributed by atoms with Gasteiger partial charge in [-0.2, -0.15) is 0 Å². The molecule has 1 N–H and O–H groups in total. The number of hydrogen-bond acceptors (Lipinski definition) is 6. The first-order chi connectivity index (χ1) is 13.9. The van der Waals surface area contributed by atoms with E-state index >= 15 is 0 Å². The fraction of sp³-hybridized carbons (Fsp3) is 0.524. The Balaban J connectivity index is 1.64. The Kier molecular flexibility index (Phi) is 6.84. The summed E-state index contributed by atoms with van der Waals surface area (Å²) in [5.74, 6) is 0.994. The van der Waals surface area contributed by atoms with Crippen molar-refractivity contribution in [3.63, 3.8) is 0 Å². The maximum absolute atomic E-state index is 11.6. The molecule has 2 unspecified atom stereocenters. The van der Waals surface area contributed by atoms with Crippen LogP contribution in [0.1, 0.15) is 50.2 Å². The summed E-state index contributed by atoms with van der Waals surface area (Å²) in [5.41, 5.74) is 0.880. The topological polar surface area (TPSA) is 87.6 Å². The number of carboxylic acid groups (broad SMARTS) is 1. The first kappa shape index (κ1) is 23.1. The van der Waals surface area contributed by atoms with Crippen LogP contribution in [0.15, 0.2) is 39.4 Å². The van der Waals surface area contributed by atoms with Gasteiger partial charge >= 0.3 is 6.09 Å². The van der Waals surface area contributed by atoms with E-state index in [0.29, 0.717) is 17.2 Å². The monoisotopic (exact) mass is 468 g/mol. The number of rotatable bonds is 5. The molecule has 0 spiro atoms. The van der Waals surface area contributed by atoms with Gasteiger partial charge in [0.15, 0.2) is 9.84 Å². The zero-order valence-electron chi connectivity index (χ0n) is 17.7. The predicted molar refractivity (Wildman–Crippen MR) is 121 cm³/mol. The molecule has 3 rings (SSSR count). The highest BCUT2D eigenvalue weighted by atomic mass is 32.2. The summed E-state index contributed by atoms with van der Waals surface area (Å²) in [6.07, 6.45) is 1.96. The molecule has 0 aliphatic carbocycles. The molecule has 0 bridgehead atoms. The zero-order valence-corrected chi connectivity index (χ0v) is 20.1. The second-order valence-electron chi connectivity index (χ2n) is 8.79. The highest BCUT2D eigenvalue weighted by Crippen LogP contribution is 2.40. The number of thiazole rings is 1. The van der Waals surface area contributed by atoms with Gasteiger partial charge in [-0.1, -0.05) is 20.8 Å². The summed E-state index contributed by atoms with van der Waals surface area (Å²) in [6, 6.07) is 6.89. The van der Waals surface area contributed by atoms with Crippen molar-refractivity contribution < 1.29 is 18.3 Å². The van der Waals surface area contributed by atoms with Crippen molar-refractivity contribution >= 4 is 39.0 Å². The Bertz CT molecular complexity index is 994. The van der Waals surface area contributed by atoms with Gasteiger partial charge in [0.25, 0.3) is 0 Å². The lowest BCUT2D eigenvalue weighted by atomic mass is 9.77. The molecule has 9 heteroatoms. The van der Waals surface area contributed by atoms with Crippen molar-refractivity contribution in [2.24, 2.45) is 5.41 Å². The Labute approximate surface area is 186 Å². The molecular formula is C21H28N2O4S3. The number of benzene rings is 1. The third-order valence-electron chi connectivity index (χ3n) is 5.41. The van der Waals surface area contributed by atoms with Crippen molar-refractivity contribution in [3.05, 3.63) is 40.3 Å². The number of hydrogen-bond donors (Lipinski definition) is 1. The minimum Gasteiger partial charge on any atom is -0.465 e. The van der Waals surface area contributed by atoms with Crippen LogP contribution in [0.5, 0.6) is 0 Å². The SMILES string of the molecule is CC(C)(C)C1CC(c2nc(CSc3ccc(S(C)(=O)=O)cc3)cs2)CCN1C(=O)O. The molecule has 1 aromatic carbocycles. The highest BCUT2D eigenvalue weighted by molar-refractivity contribution is 7.98. The number of nitrogens with zero attached hydrogens (tertiary/aromatic N) is 2. The molecule has 2 atom stereocenters. The molecule has 6 nitrogen and oxygen atoms in total.